The van der Waals surface area contributed by atoms with Gasteiger partial charge < -0.3 is 10.1 Å². The van der Waals surface area contributed by atoms with Gasteiger partial charge in [-0.2, -0.15) is 0 Å². The number of halogens is 1. The highest BCUT2D eigenvalue weighted by molar-refractivity contribution is 6.07. The van der Waals surface area contributed by atoms with Gasteiger partial charge in [-0.25, -0.2) is 9.18 Å². The highest BCUT2D eigenvalue weighted by Crippen LogP contribution is 2.37. The third-order valence-electron chi connectivity index (χ3n) is 7.09. The van der Waals surface area contributed by atoms with Crippen LogP contribution in [0.4, 0.5) is 9.18 Å². The summed E-state index contributed by atoms with van der Waals surface area (Å²) in [7, 11) is 1.55. The molecule has 2 heterocycles. The lowest BCUT2D eigenvalue weighted by Crippen LogP contribution is -2.57. The van der Waals surface area contributed by atoms with E-state index in [1.54, 1.807) is 19.2 Å². The number of ether oxygens (including phenoxy) is 1. The van der Waals surface area contributed by atoms with Crippen molar-refractivity contribution in [2.45, 2.75) is 45.2 Å². The first kappa shape index (κ1) is 24.4. The molecule has 2 aliphatic heterocycles. The number of rotatable bonds is 8. The molecule has 2 saturated heterocycles. The first-order chi connectivity index (χ1) is 16.3. The third kappa shape index (κ3) is 5.15. The number of likely N-dealkylation sites (tertiary alicyclic amines) is 1. The Hall–Kier alpha value is -2.77. The lowest BCUT2D eigenvalue weighted by Gasteiger charge is -2.41. The van der Waals surface area contributed by atoms with E-state index in [2.05, 4.69) is 42.3 Å². The first-order valence-electron chi connectivity index (χ1n) is 12.0. The van der Waals surface area contributed by atoms with Gasteiger partial charge in [0.1, 0.15) is 11.4 Å². The molecular weight excluding hydrogens is 433 g/mol. The topological polar surface area (TPSA) is 61.9 Å². The fourth-order valence-electron chi connectivity index (χ4n) is 5.50. The molecule has 2 aliphatic rings. The van der Waals surface area contributed by atoms with Crippen LogP contribution in [0.5, 0.6) is 0 Å². The van der Waals surface area contributed by atoms with Gasteiger partial charge in [-0.1, -0.05) is 41.5 Å². The van der Waals surface area contributed by atoms with Gasteiger partial charge in [0.2, 0.25) is 0 Å². The van der Waals surface area contributed by atoms with Crippen LogP contribution in [-0.4, -0.2) is 60.6 Å². The third-order valence-corrected chi connectivity index (χ3v) is 7.09. The number of methoxy groups -OCH3 is 1. The van der Waals surface area contributed by atoms with Gasteiger partial charge in [0.05, 0.1) is 13.2 Å². The van der Waals surface area contributed by atoms with Crippen molar-refractivity contribution in [1.82, 2.24) is 15.1 Å². The fraction of sp³-hybridized carbons (Fsp3) is 0.481. The number of amides is 3. The smallest absolute Gasteiger partial charge is 0.325 e. The molecule has 0 radical (unpaired) electrons. The summed E-state index contributed by atoms with van der Waals surface area (Å²) in [4.78, 5) is 30.2. The molecule has 6 nitrogen and oxygen atoms in total. The Labute approximate surface area is 201 Å². The maximum atomic E-state index is 13.7. The van der Waals surface area contributed by atoms with E-state index in [9.17, 15) is 14.0 Å². The average Bonchev–Trinajstić information content (AvgIpc) is 3.03. The molecule has 1 N–H and O–H groups in total. The van der Waals surface area contributed by atoms with Crippen LogP contribution in [0.25, 0.3) is 0 Å². The van der Waals surface area contributed by atoms with Gasteiger partial charge in [0, 0.05) is 20.1 Å². The van der Waals surface area contributed by atoms with Gasteiger partial charge in [0.15, 0.2) is 0 Å². The van der Waals surface area contributed by atoms with E-state index in [0.29, 0.717) is 13.0 Å². The number of benzene rings is 2. The zero-order chi connectivity index (χ0) is 24.3. The minimum absolute atomic E-state index is 0.00274. The summed E-state index contributed by atoms with van der Waals surface area (Å²) in [6.07, 6.45) is 1.95. The highest BCUT2D eigenvalue weighted by Gasteiger charge is 2.55. The molecule has 2 fully saturated rings. The second-order valence-electron chi connectivity index (χ2n) is 9.70. The quantitative estimate of drug-likeness (QED) is 0.600. The molecule has 0 unspecified atom stereocenters. The average molecular weight is 468 g/mol. The van der Waals surface area contributed by atoms with Crippen LogP contribution in [0.15, 0.2) is 42.5 Å². The Morgan fingerprint density at radius 2 is 1.68 bits per heavy atom. The summed E-state index contributed by atoms with van der Waals surface area (Å²) >= 11 is 0. The van der Waals surface area contributed by atoms with Crippen molar-refractivity contribution in [3.8, 4) is 0 Å². The zero-order valence-corrected chi connectivity index (χ0v) is 20.3. The Morgan fingerprint density at radius 1 is 1.03 bits per heavy atom. The molecule has 1 atom stereocenters. The summed E-state index contributed by atoms with van der Waals surface area (Å²) in [5, 5.41) is 3.06. The lowest BCUT2D eigenvalue weighted by atomic mass is 9.74. The highest BCUT2D eigenvalue weighted by atomic mass is 19.1. The maximum Gasteiger partial charge on any atom is 0.325 e. The molecule has 0 saturated carbocycles. The standard InChI is InChI=1S/C27H34FN3O3/c1-19-14-20(2)16-22(15-19)18-30-10-8-23(9-11-30)27(17-21-4-6-24(28)7-5-21)25(32)31(12-13-34-3)26(33)29-27/h4-7,14-16,23H,8-13,17-18H2,1-3H3,(H,29,33)/t27-/m0/s1. The summed E-state index contributed by atoms with van der Waals surface area (Å²) in [6.45, 7) is 7.32. The van der Waals surface area contributed by atoms with Gasteiger partial charge in [-0.05, 0) is 69.0 Å². The van der Waals surface area contributed by atoms with Crippen molar-refractivity contribution in [3.05, 3.63) is 70.5 Å². The Morgan fingerprint density at radius 3 is 2.29 bits per heavy atom. The van der Waals surface area contributed by atoms with E-state index < -0.39 is 5.54 Å². The number of hydrogen-bond donors (Lipinski definition) is 1. The number of nitrogens with one attached hydrogen (secondary N) is 1. The molecule has 3 amide bonds. The molecule has 7 heteroatoms. The molecule has 182 valence electrons. The molecule has 0 aliphatic carbocycles. The van der Waals surface area contributed by atoms with Crippen molar-refractivity contribution in [2.75, 3.05) is 33.4 Å². The summed E-state index contributed by atoms with van der Waals surface area (Å²) in [6, 6.07) is 12.5. The van der Waals surface area contributed by atoms with Crippen LogP contribution in [0, 0.1) is 25.6 Å². The van der Waals surface area contributed by atoms with E-state index in [0.717, 1.165) is 38.0 Å². The van der Waals surface area contributed by atoms with Crippen molar-refractivity contribution < 1.29 is 18.7 Å². The summed E-state index contributed by atoms with van der Waals surface area (Å²) in [5.74, 6) is -0.523. The van der Waals surface area contributed by atoms with Gasteiger partial charge in [-0.3, -0.25) is 14.6 Å². The largest absolute Gasteiger partial charge is 0.383 e. The predicted molar refractivity (Wildman–Crippen MR) is 129 cm³/mol. The monoisotopic (exact) mass is 467 g/mol. The molecule has 0 aromatic heterocycles. The lowest BCUT2D eigenvalue weighted by molar-refractivity contribution is -0.134. The van der Waals surface area contributed by atoms with Gasteiger partial charge in [0.25, 0.3) is 5.91 Å². The molecule has 4 rings (SSSR count). The molecular formula is C27H34FN3O3. The van der Waals surface area contributed by atoms with E-state index in [4.69, 9.17) is 4.74 Å². The number of carbonyl (C=O) groups is 2. The van der Waals surface area contributed by atoms with E-state index in [1.165, 1.54) is 33.7 Å². The first-order valence-corrected chi connectivity index (χ1v) is 12.0. The Balaban J connectivity index is 1.52. The number of piperidine rings is 1. The maximum absolute atomic E-state index is 13.7. The van der Waals surface area contributed by atoms with Crippen molar-refractivity contribution in [3.63, 3.8) is 0 Å². The van der Waals surface area contributed by atoms with Crippen LogP contribution >= 0.6 is 0 Å². The number of imide groups is 1. The van der Waals surface area contributed by atoms with Gasteiger partial charge in [-0.15, -0.1) is 0 Å². The van der Waals surface area contributed by atoms with Crippen molar-refractivity contribution >= 4 is 11.9 Å². The van der Waals surface area contributed by atoms with Crippen molar-refractivity contribution in [1.29, 1.82) is 0 Å². The minimum atomic E-state index is -1.02. The van der Waals surface area contributed by atoms with Crippen LogP contribution in [0.3, 0.4) is 0 Å². The van der Waals surface area contributed by atoms with Crippen LogP contribution in [0.2, 0.25) is 0 Å². The second-order valence-corrected chi connectivity index (χ2v) is 9.70. The van der Waals surface area contributed by atoms with Crippen LogP contribution < -0.4 is 5.32 Å². The van der Waals surface area contributed by atoms with Crippen LogP contribution in [-0.2, 0) is 22.5 Å². The zero-order valence-electron chi connectivity index (χ0n) is 20.3. The van der Waals surface area contributed by atoms with Gasteiger partial charge >= 0.3 is 6.03 Å². The minimum Gasteiger partial charge on any atom is -0.383 e. The summed E-state index contributed by atoms with van der Waals surface area (Å²) in [5.41, 5.74) is 3.64. The normalized spacial score (nSPS) is 21.8. The number of aryl methyl sites for hydroxylation is 2. The number of urea groups is 1. The second kappa shape index (κ2) is 10.2. The summed E-state index contributed by atoms with van der Waals surface area (Å²) < 4.78 is 18.6. The van der Waals surface area contributed by atoms with E-state index in [1.807, 2.05) is 0 Å². The molecule has 0 bridgehead atoms. The Bertz CT molecular complexity index is 1010. The molecule has 0 spiro atoms. The number of nitrogens with zero attached hydrogens (tertiary/aromatic N) is 2. The molecule has 2 aromatic rings. The Kier molecular flexibility index (Phi) is 7.33. The number of hydrogen-bond acceptors (Lipinski definition) is 4. The van der Waals surface area contributed by atoms with E-state index in [-0.39, 0.29) is 30.2 Å². The molecule has 2 aromatic carbocycles. The predicted octanol–water partition coefficient (Wildman–Crippen LogP) is 3.83. The van der Waals surface area contributed by atoms with E-state index >= 15 is 0 Å². The van der Waals surface area contributed by atoms with Crippen LogP contribution in [0.1, 0.15) is 35.1 Å². The van der Waals surface area contributed by atoms with Crippen molar-refractivity contribution in [2.24, 2.45) is 5.92 Å². The fourth-order valence-corrected chi connectivity index (χ4v) is 5.50. The SMILES string of the molecule is COCCN1C(=O)N[C@@](Cc2ccc(F)cc2)(C2CCN(Cc3cc(C)cc(C)c3)CC2)C1=O. The molecule has 34 heavy (non-hydrogen) atoms. The number of carbonyl (C=O) groups excluding carboxylic acids is 2.